The van der Waals surface area contributed by atoms with E-state index in [1.54, 1.807) is 0 Å². The zero-order valence-corrected chi connectivity index (χ0v) is 6.66. The molecule has 0 aliphatic heterocycles. The van der Waals surface area contributed by atoms with Gasteiger partial charge in [-0.3, -0.25) is 4.99 Å². The molecule has 0 bridgehead atoms. The smallest absolute Gasteiger partial charge is 0.0618 e. The van der Waals surface area contributed by atoms with Gasteiger partial charge in [0.25, 0.3) is 0 Å². The molecule has 0 N–H and O–H groups in total. The van der Waals surface area contributed by atoms with Crippen LogP contribution < -0.4 is 5.11 Å². The third kappa shape index (κ3) is 2.42. The van der Waals surface area contributed by atoms with Gasteiger partial charge in [0.15, 0.2) is 0 Å². The maximum atomic E-state index is 10.5. The number of aryl methyl sites for hydroxylation is 1. The Balaban J connectivity index is 2.91. The zero-order chi connectivity index (χ0) is 8.27. The lowest BCUT2D eigenvalue weighted by atomic mass is 10.2. The molecule has 0 radical (unpaired) electrons. The summed E-state index contributed by atoms with van der Waals surface area (Å²) in [7, 11) is 0. The quantitative estimate of drug-likeness (QED) is 0.438. The molecule has 0 saturated carbocycles. The van der Waals surface area contributed by atoms with Crippen LogP contribution in [0.4, 0.5) is 5.69 Å². The van der Waals surface area contributed by atoms with Crippen LogP contribution in [0.25, 0.3) is 0 Å². The standard InChI is InChI=1S/C9H11NO/c1-7-3-5-9(6-4-7)10-8(2)11/h3-6H,1-2H3,(H,10,11)/p-1. The SMILES string of the molecule is CC([O-])=Nc1ccc(C)cc1. The molecule has 1 aromatic carbocycles. The van der Waals surface area contributed by atoms with E-state index in [9.17, 15) is 5.11 Å². The molecule has 0 amide bonds. The molecule has 0 fully saturated rings. The molecule has 0 atom stereocenters. The summed E-state index contributed by atoms with van der Waals surface area (Å²) in [6.07, 6.45) is 0. The molecule has 58 valence electrons. The summed E-state index contributed by atoms with van der Waals surface area (Å²) in [5.74, 6) is -0.158. The van der Waals surface area contributed by atoms with Crippen molar-refractivity contribution in [3.63, 3.8) is 0 Å². The van der Waals surface area contributed by atoms with E-state index < -0.39 is 0 Å². The normalized spacial score (nSPS) is 11.6. The van der Waals surface area contributed by atoms with Crippen LogP contribution in [0.3, 0.4) is 0 Å². The Morgan fingerprint density at radius 3 is 2.27 bits per heavy atom. The summed E-state index contributed by atoms with van der Waals surface area (Å²) in [4.78, 5) is 3.76. The Morgan fingerprint density at radius 2 is 1.82 bits per heavy atom. The van der Waals surface area contributed by atoms with Gasteiger partial charge in [-0.1, -0.05) is 17.7 Å². The van der Waals surface area contributed by atoms with Gasteiger partial charge in [0.1, 0.15) is 0 Å². The van der Waals surface area contributed by atoms with E-state index in [0.29, 0.717) is 0 Å². The first-order chi connectivity index (χ1) is 5.18. The van der Waals surface area contributed by atoms with Crippen LogP contribution in [0, 0.1) is 6.92 Å². The average molecular weight is 148 g/mol. The molecule has 0 aliphatic rings. The fourth-order valence-electron chi connectivity index (χ4n) is 0.801. The van der Waals surface area contributed by atoms with E-state index in [2.05, 4.69) is 4.99 Å². The van der Waals surface area contributed by atoms with Crippen LogP contribution in [-0.2, 0) is 0 Å². The highest BCUT2D eigenvalue weighted by Crippen LogP contribution is 2.11. The second kappa shape index (κ2) is 3.19. The van der Waals surface area contributed by atoms with Crippen molar-refractivity contribution in [2.75, 3.05) is 0 Å². The molecule has 1 aromatic rings. The third-order valence-corrected chi connectivity index (χ3v) is 1.32. The first kappa shape index (κ1) is 7.79. The first-order valence-electron chi connectivity index (χ1n) is 3.47. The molecular formula is C9H10NO-. The van der Waals surface area contributed by atoms with Crippen LogP contribution in [0.1, 0.15) is 12.5 Å². The van der Waals surface area contributed by atoms with Crippen molar-refractivity contribution in [2.24, 2.45) is 4.99 Å². The van der Waals surface area contributed by atoms with Crippen molar-refractivity contribution in [3.05, 3.63) is 29.8 Å². The van der Waals surface area contributed by atoms with Gasteiger partial charge in [0.2, 0.25) is 0 Å². The minimum absolute atomic E-state index is 0.158. The van der Waals surface area contributed by atoms with Crippen molar-refractivity contribution in [1.82, 2.24) is 0 Å². The van der Waals surface area contributed by atoms with Crippen molar-refractivity contribution < 1.29 is 5.11 Å². The van der Waals surface area contributed by atoms with Crippen molar-refractivity contribution in [2.45, 2.75) is 13.8 Å². The van der Waals surface area contributed by atoms with E-state index >= 15 is 0 Å². The zero-order valence-electron chi connectivity index (χ0n) is 6.66. The van der Waals surface area contributed by atoms with Crippen LogP contribution >= 0.6 is 0 Å². The number of hydrogen-bond acceptors (Lipinski definition) is 2. The number of nitrogens with zero attached hydrogens (tertiary/aromatic N) is 1. The fourth-order valence-corrected chi connectivity index (χ4v) is 0.801. The predicted octanol–water partition coefficient (Wildman–Crippen LogP) is 1.41. The molecular weight excluding hydrogens is 138 g/mol. The summed E-state index contributed by atoms with van der Waals surface area (Å²) < 4.78 is 0. The highest BCUT2D eigenvalue weighted by atomic mass is 16.3. The highest BCUT2D eigenvalue weighted by Gasteiger charge is 1.85. The van der Waals surface area contributed by atoms with E-state index in [1.807, 2.05) is 31.2 Å². The van der Waals surface area contributed by atoms with Crippen LogP contribution in [0.5, 0.6) is 0 Å². The van der Waals surface area contributed by atoms with Gasteiger partial charge in [0.05, 0.1) is 5.69 Å². The van der Waals surface area contributed by atoms with Gasteiger partial charge in [-0.05, 0) is 31.9 Å². The Bertz CT molecular complexity index is 257. The van der Waals surface area contributed by atoms with Gasteiger partial charge in [-0.15, -0.1) is 0 Å². The Kier molecular flexibility index (Phi) is 2.26. The van der Waals surface area contributed by atoms with Gasteiger partial charge in [-0.2, -0.15) is 0 Å². The maximum Gasteiger partial charge on any atom is 0.0618 e. The van der Waals surface area contributed by atoms with Crippen molar-refractivity contribution in [3.8, 4) is 0 Å². The van der Waals surface area contributed by atoms with E-state index in [0.717, 1.165) is 5.69 Å². The molecule has 2 heteroatoms. The Hall–Kier alpha value is -1.31. The van der Waals surface area contributed by atoms with E-state index in [4.69, 9.17) is 0 Å². The van der Waals surface area contributed by atoms with Crippen LogP contribution in [-0.4, -0.2) is 5.90 Å². The summed E-state index contributed by atoms with van der Waals surface area (Å²) in [5.41, 5.74) is 1.90. The number of hydrogen-bond donors (Lipinski definition) is 0. The second-order valence-corrected chi connectivity index (χ2v) is 2.47. The van der Waals surface area contributed by atoms with E-state index in [-0.39, 0.29) is 5.90 Å². The van der Waals surface area contributed by atoms with Crippen molar-refractivity contribution in [1.29, 1.82) is 0 Å². The van der Waals surface area contributed by atoms with Gasteiger partial charge < -0.3 is 5.11 Å². The molecule has 2 nitrogen and oxygen atoms in total. The monoisotopic (exact) mass is 148 g/mol. The van der Waals surface area contributed by atoms with Gasteiger partial charge >= 0.3 is 0 Å². The lowest BCUT2D eigenvalue weighted by Crippen LogP contribution is -2.10. The number of aliphatic imine (C=N–C) groups is 1. The van der Waals surface area contributed by atoms with Gasteiger partial charge in [0, 0.05) is 0 Å². The maximum absolute atomic E-state index is 10.5. The summed E-state index contributed by atoms with van der Waals surface area (Å²) in [6.45, 7) is 3.44. The molecule has 0 spiro atoms. The Morgan fingerprint density at radius 1 is 1.27 bits per heavy atom. The summed E-state index contributed by atoms with van der Waals surface area (Å²) >= 11 is 0. The summed E-state index contributed by atoms with van der Waals surface area (Å²) in [6, 6.07) is 7.52. The third-order valence-electron chi connectivity index (χ3n) is 1.32. The largest absolute Gasteiger partial charge is 0.862 e. The predicted molar refractivity (Wildman–Crippen MR) is 43.9 cm³/mol. The molecule has 0 heterocycles. The number of rotatable bonds is 1. The number of benzene rings is 1. The molecule has 0 aromatic heterocycles. The van der Waals surface area contributed by atoms with Crippen LogP contribution in [0.15, 0.2) is 29.3 Å². The fraction of sp³-hybridized carbons (Fsp3) is 0.222. The minimum atomic E-state index is -0.158. The lowest BCUT2D eigenvalue weighted by Gasteiger charge is -2.02. The molecule has 0 unspecified atom stereocenters. The van der Waals surface area contributed by atoms with Crippen molar-refractivity contribution >= 4 is 11.6 Å². The Labute approximate surface area is 66.2 Å². The average Bonchev–Trinajstić information content (AvgIpc) is 1.93. The topological polar surface area (TPSA) is 35.4 Å². The molecule has 0 saturated heterocycles. The molecule has 1 rings (SSSR count). The van der Waals surface area contributed by atoms with Crippen LogP contribution in [0.2, 0.25) is 0 Å². The second-order valence-electron chi connectivity index (χ2n) is 2.47. The molecule has 0 aliphatic carbocycles. The van der Waals surface area contributed by atoms with Gasteiger partial charge in [-0.25, -0.2) is 0 Å². The summed E-state index contributed by atoms with van der Waals surface area (Å²) in [5, 5.41) is 10.5. The lowest BCUT2D eigenvalue weighted by molar-refractivity contribution is -0.215. The first-order valence-corrected chi connectivity index (χ1v) is 3.47. The minimum Gasteiger partial charge on any atom is -0.862 e. The van der Waals surface area contributed by atoms with E-state index in [1.165, 1.54) is 12.5 Å². The highest BCUT2D eigenvalue weighted by molar-refractivity contribution is 5.72. The molecule has 11 heavy (non-hydrogen) atoms.